The predicted octanol–water partition coefficient (Wildman–Crippen LogP) is 4.13. The van der Waals surface area contributed by atoms with Gasteiger partial charge in [0.05, 0.1) is 16.3 Å². The number of nitrogens with zero attached hydrogens (tertiary/aromatic N) is 1. The minimum Gasteiger partial charge on any atom is -0.491 e. The lowest BCUT2D eigenvalue weighted by Crippen LogP contribution is -2.06. The lowest BCUT2D eigenvalue weighted by atomic mass is 10.1. The van der Waals surface area contributed by atoms with Gasteiger partial charge in [-0.05, 0) is 46.2 Å². The van der Waals surface area contributed by atoms with E-state index in [1.54, 1.807) is 11.3 Å². The molecule has 2 aromatic rings. The number of aryl methyl sites for hydroxylation is 2. The van der Waals surface area contributed by atoms with E-state index in [-0.39, 0.29) is 6.10 Å². The lowest BCUT2D eigenvalue weighted by Gasteiger charge is -2.13. The second kappa shape index (κ2) is 5.14. The first-order valence-electron chi connectivity index (χ1n) is 6.34. The maximum absolute atomic E-state index is 5.86. The first-order chi connectivity index (χ1) is 8.52. The summed E-state index contributed by atoms with van der Waals surface area (Å²) in [5.41, 5.74) is 3.45. The van der Waals surface area contributed by atoms with Gasteiger partial charge in [0, 0.05) is 12.1 Å². The Balaban J connectivity index is 2.54. The highest BCUT2D eigenvalue weighted by atomic mass is 32.1. The van der Waals surface area contributed by atoms with Crippen LogP contribution in [-0.4, -0.2) is 17.6 Å². The monoisotopic (exact) mass is 264 g/mol. The zero-order valence-electron chi connectivity index (χ0n) is 11.6. The summed E-state index contributed by atoms with van der Waals surface area (Å²) in [5, 5.41) is 4.26. The highest BCUT2D eigenvalue weighted by Gasteiger charge is 2.13. The number of hydrogen-bond donors (Lipinski definition) is 1. The van der Waals surface area contributed by atoms with E-state index in [0.29, 0.717) is 0 Å². The topological polar surface area (TPSA) is 34.2 Å². The van der Waals surface area contributed by atoms with E-state index in [9.17, 15) is 0 Å². The van der Waals surface area contributed by atoms with Gasteiger partial charge in [0.1, 0.15) is 5.75 Å². The Morgan fingerprint density at radius 1 is 1.39 bits per heavy atom. The zero-order chi connectivity index (χ0) is 13.3. The Bertz CT molecular complexity index is 560. The van der Waals surface area contributed by atoms with E-state index in [4.69, 9.17) is 4.74 Å². The van der Waals surface area contributed by atoms with Crippen LogP contribution >= 0.6 is 11.3 Å². The van der Waals surface area contributed by atoms with E-state index in [1.165, 1.54) is 15.8 Å². The fourth-order valence-electron chi connectivity index (χ4n) is 1.93. The van der Waals surface area contributed by atoms with Crippen LogP contribution in [0.2, 0.25) is 0 Å². The summed E-state index contributed by atoms with van der Waals surface area (Å²) in [5.74, 6) is 0.974. The van der Waals surface area contributed by atoms with Gasteiger partial charge in [-0.25, -0.2) is 4.98 Å². The number of nitrogens with one attached hydrogen (secondary N) is 1. The summed E-state index contributed by atoms with van der Waals surface area (Å²) in [4.78, 5) is 4.63. The Morgan fingerprint density at radius 2 is 2.11 bits per heavy atom. The molecule has 0 aliphatic carbocycles. The van der Waals surface area contributed by atoms with Gasteiger partial charge in [-0.15, -0.1) is 0 Å². The van der Waals surface area contributed by atoms with Crippen molar-refractivity contribution in [1.29, 1.82) is 0 Å². The maximum Gasteiger partial charge on any atom is 0.183 e. The molecule has 3 nitrogen and oxygen atoms in total. The molecule has 0 saturated heterocycles. The molecular weight excluding hydrogens is 244 g/mol. The van der Waals surface area contributed by atoms with Crippen LogP contribution < -0.4 is 10.1 Å². The summed E-state index contributed by atoms with van der Waals surface area (Å²) in [6.07, 6.45) is 0.196. The molecule has 0 atom stereocenters. The van der Waals surface area contributed by atoms with Crippen LogP contribution in [0.5, 0.6) is 5.75 Å². The normalized spacial score (nSPS) is 11.2. The predicted molar refractivity (Wildman–Crippen MR) is 79.0 cm³/mol. The third-order valence-corrected chi connectivity index (χ3v) is 3.88. The first kappa shape index (κ1) is 13.1. The molecular formula is C14H20N2OS. The van der Waals surface area contributed by atoms with Gasteiger partial charge in [0.2, 0.25) is 0 Å². The number of fused-ring (bicyclic) bond motifs is 1. The van der Waals surface area contributed by atoms with Gasteiger partial charge in [-0.1, -0.05) is 11.3 Å². The van der Waals surface area contributed by atoms with Gasteiger partial charge in [0.25, 0.3) is 0 Å². The Kier molecular flexibility index (Phi) is 3.76. The van der Waals surface area contributed by atoms with E-state index in [1.807, 2.05) is 0 Å². The van der Waals surface area contributed by atoms with Gasteiger partial charge in [-0.2, -0.15) is 0 Å². The highest BCUT2D eigenvalue weighted by Crippen LogP contribution is 2.36. The molecule has 0 spiro atoms. The molecule has 1 aromatic carbocycles. The molecule has 1 heterocycles. The highest BCUT2D eigenvalue weighted by molar-refractivity contribution is 7.22. The molecule has 18 heavy (non-hydrogen) atoms. The third-order valence-electron chi connectivity index (χ3n) is 2.75. The molecule has 98 valence electrons. The van der Waals surface area contributed by atoms with Gasteiger partial charge >= 0.3 is 0 Å². The summed E-state index contributed by atoms with van der Waals surface area (Å²) in [7, 11) is 0. The Morgan fingerprint density at radius 3 is 2.72 bits per heavy atom. The molecule has 0 unspecified atom stereocenters. The number of ether oxygens (including phenoxy) is 1. The SMILES string of the molecule is CCNc1nc2c(C)cc(OC(C)C)c(C)c2s1. The Hall–Kier alpha value is -1.29. The largest absolute Gasteiger partial charge is 0.491 e. The van der Waals surface area contributed by atoms with Crippen LogP contribution in [0.3, 0.4) is 0 Å². The van der Waals surface area contributed by atoms with E-state index in [0.717, 1.165) is 22.9 Å². The summed E-state index contributed by atoms with van der Waals surface area (Å²) >= 11 is 1.70. The molecule has 4 heteroatoms. The van der Waals surface area contributed by atoms with Crippen molar-refractivity contribution in [3.05, 3.63) is 17.2 Å². The zero-order valence-corrected chi connectivity index (χ0v) is 12.4. The molecule has 0 bridgehead atoms. The smallest absolute Gasteiger partial charge is 0.183 e. The average Bonchev–Trinajstić information content (AvgIpc) is 2.70. The number of aromatic nitrogens is 1. The number of anilines is 1. The van der Waals surface area contributed by atoms with Gasteiger partial charge in [0.15, 0.2) is 5.13 Å². The molecule has 0 radical (unpaired) electrons. The second-order valence-electron chi connectivity index (χ2n) is 4.71. The maximum atomic E-state index is 5.86. The van der Waals surface area contributed by atoms with E-state index >= 15 is 0 Å². The van der Waals surface area contributed by atoms with Crippen LogP contribution in [0.1, 0.15) is 31.9 Å². The summed E-state index contributed by atoms with van der Waals surface area (Å²) in [6.45, 7) is 11.3. The van der Waals surface area contributed by atoms with Crippen molar-refractivity contribution in [1.82, 2.24) is 4.98 Å². The first-order valence-corrected chi connectivity index (χ1v) is 7.15. The van der Waals surface area contributed by atoms with E-state index < -0.39 is 0 Å². The van der Waals surface area contributed by atoms with Crippen molar-refractivity contribution in [2.45, 2.75) is 40.7 Å². The number of benzene rings is 1. The molecule has 2 rings (SSSR count). The molecule has 0 fully saturated rings. The van der Waals surface area contributed by atoms with Crippen molar-refractivity contribution < 1.29 is 4.74 Å². The lowest BCUT2D eigenvalue weighted by molar-refractivity contribution is 0.241. The minimum atomic E-state index is 0.196. The fraction of sp³-hybridized carbons (Fsp3) is 0.500. The van der Waals surface area contributed by atoms with Gasteiger partial charge in [-0.3, -0.25) is 0 Å². The van der Waals surface area contributed by atoms with Crippen LogP contribution in [0.15, 0.2) is 6.07 Å². The van der Waals surface area contributed by atoms with Crippen LogP contribution in [0, 0.1) is 13.8 Å². The van der Waals surface area contributed by atoms with Gasteiger partial charge < -0.3 is 10.1 Å². The van der Waals surface area contributed by atoms with Crippen LogP contribution in [-0.2, 0) is 0 Å². The standard InChI is InChI=1S/C14H20N2OS/c1-6-15-14-16-12-9(4)7-11(17-8(2)3)10(5)13(12)18-14/h7-8H,6H2,1-5H3,(H,15,16). The van der Waals surface area contributed by atoms with Crippen molar-refractivity contribution in [3.8, 4) is 5.75 Å². The molecule has 0 amide bonds. The molecule has 0 aliphatic heterocycles. The van der Waals surface area contributed by atoms with E-state index in [2.05, 4.69) is 51.0 Å². The molecule has 0 saturated carbocycles. The molecule has 0 aliphatic rings. The molecule has 1 N–H and O–H groups in total. The fourth-order valence-corrected chi connectivity index (χ4v) is 3.03. The molecule has 1 aromatic heterocycles. The van der Waals surface area contributed by atoms with Crippen LogP contribution in [0.4, 0.5) is 5.13 Å². The van der Waals surface area contributed by atoms with Crippen molar-refractivity contribution in [3.63, 3.8) is 0 Å². The second-order valence-corrected chi connectivity index (χ2v) is 5.71. The van der Waals surface area contributed by atoms with Crippen LogP contribution in [0.25, 0.3) is 10.2 Å². The summed E-state index contributed by atoms with van der Waals surface area (Å²) in [6, 6.07) is 2.09. The number of rotatable bonds is 4. The third kappa shape index (κ3) is 2.43. The summed E-state index contributed by atoms with van der Waals surface area (Å²) < 4.78 is 7.09. The van der Waals surface area contributed by atoms with Crippen molar-refractivity contribution >= 4 is 26.7 Å². The average molecular weight is 264 g/mol. The van der Waals surface area contributed by atoms with Crippen molar-refractivity contribution in [2.75, 3.05) is 11.9 Å². The quantitative estimate of drug-likeness (QED) is 0.901. The number of thiazole rings is 1. The minimum absolute atomic E-state index is 0.196. The number of hydrogen-bond acceptors (Lipinski definition) is 4. The Labute approximate surface area is 112 Å². The van der Waals surface area contributed by atoms with Crippen molar-refractivity contribution in [2.24, 2.45) is 0 Å².